The Bertz CT molecular complexity index is 414. The van der Waals surface area contributed by atoms with Crippen molar-refractivity contribution in [3.63, 3.8) is 0 Å². The molecule has 0 bridgehead atoms. The first kappa shape index (κ1) is 16.4. The van der Waals surface area contributed by atoms with Crippen molar-refractivity contribution in [1.29, 1.82) is 0 Å². The fraction of sp³-hybridized carbons (Fsp3) is 0.684. The van der Waals surface area contributed by atoms with Gasteiger partial charge in [-0.25, -0.2) is 0 Å². The Morgan fingerprint density at radius 2 is 1.86 bits per heavy atom. The van der Waals surface area contributed by atoms with Gasteiger partial charge in [-0.1, -0.05) is 26.0 Å². The minimum absolute atomic E-state index is 0.409. The van der Waals surface area contributed by atoms with Crippen LogP contribution in [0.4, 0.5) is 0 Å². The summed E-state index contributed by atoms with van der Waals surface area (Å²) in [5.41, 5.74) is 1.40. The molecule has 4 unspecified atom stereocenters. The lowest BCUT2D eigenvalue weighted by Crippen LogP contribution is -2.28. The second-order valence-corrected chi connectivity index (χ2v) is 6.88. The SMILES string of the molecule is CNC(C)CCc1ccc(OC2CCC(C)C(C)C2)cc1. The van der Waals surface area contributed by atoms with Crippen LogP contribution in [0.3, 0.4) is 0 Å². The van der Waals surface area contributed by atoms with Gasteiger partial charge in [-0.15, -0.1) is 0 Å². The van der Waals surface area contributed by atoms with Gasteiger partial charge in [0.2, 0.25) is 0 Å². The van der Waals surface area contributed by atoms with E-state index in [1.807, 2.05) is 7.05 Å². The summed E-state index contributed by atoms with van der Waals surface area (Å²) in [5.74, 6) is 2.67. The van der Waals surface area contributed by atoms with Crippen LogP contribution in [0.2, 0.25) is 0 Å². The number of rotatable bonds is 6. The van der Waals surface area contributed by atoms with Crippen molar-refractivity contribution >= 4 is 0 Å². The molecule has 4 atom stereocenters. The molecule has 118 valence electrons. The molecule has 1 fully saturated rings. The summed E-state index contributed by atoms with van der Waals surface area (Å²) < 4.78 is 6.16. The molecule has 1 aromatic rings. The largest absolute Gasteiger partial charge is 0.490 e. The molecule has 21 heavy (non-hydrogen) atoms. The van der Waals surface area contributed by atoms with Crippen molar-refractivity contribution in [2.75, 3.05) is 7.05 Å². The molecule has 1 N–H and O–H groups in total. The second kappa shape index (κ2) is 7.84. The lowest BCUT2D eigenvalue weighted by Gasteiger charge is -2.32. The zero-order chi connectivity index (χ0) is 15.2. The molecule has 1 aromatic carbocycles. The molecule has 0 radical (unpaired) electrons. The molecule has 2 nitrogen and oxygen atoms in total. The van der Waals surface area contributed by atoms with Crippen LogP contribution in [0, 0.1) is 11.8 Å². The van der Waals surface area contributed by atoms with Gasteiger partial charge in [0.1, 0.15) is 5.75 Å². The molecule has 0 aliphatic heterocycles. The van der Waals surface area contributed by atoms with Crippen molar-refractivity contribution in [2.45, 2.75) is 65.0 Å². The van der Waals surface area contributed by atoms with E-state index in [4.69, 9.17) is 4.74 Å². The van der Waals surface area contributed by atoms with Crippen LogP contribution >= 0.6 is 0 Å². The third kappa shape index (κ3) is 5.03. The van der Waals surface area contributed by atoms with Crippen molar-refractivity contribution in [3.05, 3.63) is 29.8 Å². The van der Waals surface area contributed by atoms with Gasteiger partial charge in [0, 0.05) is 6.04 Å². The Labute approximate surface area is 130 Å². The highest BCUT2D eigenvalue weighted by Crippen LogP contribution is 2.31. The van der Waals surface area contributed by atoms with Crippen LogP contribution in [0.1, 0.15) is 52.0 Å². The van der Waals surface area contributed by atoms with Crippen molar-refractivity contribution in [3.8, 4) is 5.75 Å². The molecule has 0 aromatic heterocycles. The summed E-state index contributed by atoms with van der Waals surface area (Å²) in [7, 11) is 2.02. The van der Waals surface area contributed by atoms with Gasteiger partial charge in [-0.3, -0.25) is 0 Å². The van der Waals surface area contributed by atoms with Crippen molar-refractivity contribution in [1.82, 2.24) is 5.32 Å². The van der Waals surface area contributed by atoms with Crippen LogP contribution in [0.25, 0.3) is 0 Å². The second-order valence-electron chi connectivity index (χ2n) is 6.88. The molecular formula is C19H31NO. The summed E-state index contributed by atoms with van der Waals surface area (Å²) in [4.78, 5) is 0. The highest BCUT2D eigenvalue weighted by Gasteiger charge is 2.25. The fourth-order valence-electron chi connectivity index (χ4n) is 3.06. The van der Waals surface area contributed by atoms with Gasteiger partial charge in [-0.05, 0) is 75.6 Å². The minimum Gasteiger partial charge on any atom is -0.490 e. The fourth-order valence-corrected chi connectivity index (χ4v) is 3.06. The van der Waals surface area contributed by atoms with E-state index in [0.29, 0.717) is 12.1 Å². The third-order valence-electron chi connectivity index (χ3n) is 5.13. The number of nitrogens with one attached hydrogen (secondary N) is 1. The third-order valence-corrected chi connectivity index (χ3v) is 5.13. The zero-order valence-corrected chi connectivity index (χ0v) is 14.1. The van der Waals surface area contributed by atoms with Crippen molar-refractivity contribution in [2.24, 2.45) is 11.8 Å². The van der Waals surface area contributed by atoms with Crippen LogP contribution in [-0.4, -0.2) is 19.2 Å². The van der Waals surface area contributed by atoms with Crippen LogP contribution in [-0.2, 0) is 6.42 Å². The first-order valence-corrected chi connectivity index (χ1v) is 8.51. The summed E-state index contributed by atoms with van der Waals surface area (Å²) >= 11 is 0. The Morgan fingerprint density at radius 1 is 1.14 bits per heavy atom. The van der Waals surface area contributed by atoms with E-state index in [-0.39, 0.29) is 0 Å². The average Bonchev–Trinajstić information content (AvgIpc) is 2.50. The predicted molar refractivity (Wildman–Crippen MR) is 89.9 cm³/mol. The Kier molecular flexibility index (Phi) is 6.10. The van der Waals surface area contributed by atoms with Crippen LogP contribution in [0.15, 0.2) is 24.3 Å². The van der Waals surface area contributed by atoms with Gasteiger partial charge in [0.15, 0.2) is 0 Å². The molecule has 0 amide bonds. The van der Waals surface area contributed by atoms with E-state index in [0.717, 1.165) is 24.0 Å². The van der Waals surface area contributed by atoms with Gasteiger partial charge in [-0.2, -0.15) is 0 Å². The normalized spacial score (nSPS) is 27.3. The summed E-state index contributed by atoms with van der Waals surface area (Å²) in [6.45, 7) is 6.94. The number of aryl methyl sites for hydroxylation is 1. The molecule has 0 saturated heterocycles. The number of hydrogen-bond donors (Lipinski definition) is 1. The van der Waals surface area contributed by atoms with E-state index >= 15 is 0 Å². The quantitative estimate of drug-likeness (QED) is 0.836. The van der Waals surface area contributed by atoms with Gasteiger partial charge >= 0.3 is 0 Å². The molecule has 2 rings (SSSR count). The van der Waals surface area contributed by atoms with Crippen LogP contribution < -0.4 is 10.1 Å². The standard InChI is InChI=1S/C19H31NO/c1-14-5-10-19(13-15(14)2)21-18-11-8-17(9-12-18)7-6-16(3)20-4/h8-9,11-12,14-16,19-20H,5-7,10,13H2,1-4H3. The highest BCUT2D eigenvalue weighted by atomic mass is 16.5. The molecular weight excluding hydrogens is 258 g/mol. The zero-order valence-electron chi connectivity index (χ0n) is 14.1. The predicted octanol–water partition coefficient (Wildman–Crippen LogP) is 4.43. The molecule has 2 heteroatoms. The molecule has 0 heterocycles. The van der Waals surface area contributed by atoms with Crippen LogP contribution in [0.5, 0.6) is 5.75 Å². The smallest absolute Gasteiger partial charge is 0.119 e. The topological polar surface area (TPSA) is 21.3 Å². The number of ether oxygens (including phenoxy) is 1. The van der Waals surface area contributed by atoms with E-state index in [1.54, 1.807) is 0 Å². The monoisotopic (exact) mass is 289 g/mol. The van der Waals surface area contributed by atoms with E-state index in [1.165, 1.54) is 31.2 Å². The lowest BCUT2D eigenvalue weighted by molar-refractivity contribution is 0.101. The van der Waals surface area contributed by atoms with Gasteiger partial charge in [0.25, 0.3) is 0 Å². The number of hydrogen-bond acceptors (Lipinski definition) is 2. The summed E-state index contributed by atoms with van der Waals surface area (Å²) in [6.07, 6.45) is 6.41. The Hall–Kier alpha value is -1.02. The summed E-state index contributed by atoms with van der Waals surface area (Å²) in [5, 5.41) is 3.28. The maximum atomic E-state index is 6.16. The van der Waals surface area contributed by atoms with Gasteiger partial charge in [0.05, 0.1) is 6.10 Å². The van der Waals surface area contributed by atoms with E-state index in [2.05, 4.69) is 50.4 Å². The molecule has 0 spiro atoms. The van der Waals surface area contributed by atoms with Gasteiger partial charge < -0.3 is 10.1 Å². The Balaban J connectivity index is 1.82. The Morgan fingerprint density at radius 3 is 2.48 bits per heavy atom. The summed E-state index contributed by atoms with van der Waals surface area (Å²) in [6, 6.07) is 9.29. The molecule has 1 aliphatic rings. The maximum Gasteiger partial charge on any atom is 0.119 e. The molecule has 1 saturated carbocycles. The van der Waals surface area contributed by atoms with E-state index < -0.39 is 0 Å². The minimum atomic E-state index is 0.409. The highest BCUT2D eigenvalue weighted by molar-refractivity contribution is 5.27. The first-order valence-electron chi connectivity index (χ1n) is 8.51. The number of benzene rings is 1. The average molecular weight is 289 g/mol. The van der Waals surface area contributed by atoms with E-state index in [9.17, 15) is 0 Å². The lowest BCUT2D eigenvalue weighted by atomic mass is 9.80. The van der Waals surface area contributed by atoms with Crippen molar-refractivity contribution < 1.29 is 4.74 Å². The maximum absolute atomic E-state index is 6.16. The molecule has 1 aliphatic carbocycles. The first-order chi connectivity index (χ1) is 10.1.